The van der Waals surface area contributed by atoms with Crippen LogP contribution in [0.15, 0.2) is 53.7 Å². The molecule has 112 valence electrons. The zero-order chi connectivity index (χ0) is 15.3. The van der Waals surface area contributed by atoms with Gasteiger partial charge in [0.25, 0.3) is 0 Å². The summed E-state index contributed by atoms with van der Waals surface area (Å²) in [5, 5.41) is 0. The Labute approximate surface area is 126 Å². The molecule has 4 nitrogen and oxygen atoms in total. The molecular formula is C16H21N2O2S+. The van der Waals surface area contributed by atoms with Gasteiger partial charge in [-0.25, -0.2) is 13.0 Å². The van der Waals surface area contributed by atoms with E-state index in [1.165, 1.54) is 0 Å². The summed E-state index contributed by atoms with van der Waals surface area (Å²) in [6.07, 6.45) is 5.58. The van der Waals surface area contributed by atoms with Crippen LogP contribution < -0.4 is 10.3 Å². The number of anilines is 1. The summed E-state index contributed by atoms with van der Waals surface area (Å²) in [6.45, 7) is 3.10. The number of pyridine rings is 1. The molecule has 2 N–H and O–H groups in total. The number of benzene rings is 1. The van der Waals surface area contributed by atoms with Gasteiger partial charge in [-0.05, 0) is 36.2 Å². The lowest BCUT2D eigenvalue weighted by Gasteiger charge is -2.05. The maximum absolute atomic E-state index is 12.2. The minimum absolute atomic E-state index is 0.106. The summed E-state index contributed by atoms with van der Waals surface area (Å²) in [4.78, 5) is 0.327. The third-order valence-corrected chi connectivity index (χ3v) is 5.07. The number of hydrogen-bond donors (Lipinski definition) is 1. The molecule has 1 aromatic heterocycles. The van der Waals surface area contributed by atoms with Crippen molar-refractivity contribution in [3.63, 3.8) is 0 Å². The Balaban J connectivity index is 2.02. The Bertz CT molecular complexity index is 677. The number of nitrogens with zero attached hydrogens (tertiary/aromatic N) is 1. The van der Waals surface area contributed by atoms with Gasteiger partial charge in [0, 0.05) is 24.2 Å². The van der Waals surface area contributed by atoms with Crippen LogP contribution in [0.2, 0.25) is 0 Å². The Kier molecular flexibility index (Phi) is 4.96. The average molecular weight is 305 g/mol. The second-order valence-electron chi connectivity index (χ2n) is 5.08. The van der Waals surface area contributed by atoms with Gasteiger partial charge in [0.1, 0.15) is 6.54 Å². The van der Waals surface area contributed by atoms with Crippen LogP contribution in [0.25, 0.3) is 0 Å². The predicted octanol–water partition coefficient (Wildman–Crippen LogP) is 1.98. The molecule has 1 aromatic carbocycles. The molecule has 0 fully saturated rings. The van der Waals surface area contributed by atoms with Crippen LogP contribution in [0.1, 0.15) is 18.9 Å². The molecule has 1 heterocycles. The van der Waals surface area contributed by atoms with Crippen molar-refractivity contribution < 1.29 is 13.0 Å². The highest BCUT2D eigenvalue weighted by atomic mass is 32.2. The highest BCUT2D eigenvalue weighted by Crippen LogP contribution is 2.14. The zero-order valence-electron chi connectivity index (χ0n) is 12.2. The van der Waals surface area contributed by atoms with Gasteiger partial charge in [-0.2, -0.15) is 0 Å². The van der Waals surface area contributed by atoms with Gasteiger partial charge in [0.15, 0.2) is 22.2 Å². The van der Waals surface area contributed by atoms with E-state index in [-0.39, 0.29) is 5.75 Å². The first-order valence-electron chi connectivity index (χ1n) is 7.07. The first-order valence-corrected chi connectivity index (χ1v) is 8.73. The molecule has 0 atom stereocenters. The molecule has 0 spiro atoms. The molecule has 2 rings (SSSR count). The van der Waals surface area contributed by atoms with Crippen LogP contribution in [0.5, 0.6) is 0 Å². The number of nitrogen functional groups attached to an aromatic ring is 1. The smallest absolute Gasteiger partial charge is 0.178 e. The van der Waals surface area contributed by atoms with Crippen LogP contribution in [0.4, 0.5) is 5.69 Å². The number of aryl methyl sites for hydroxylation is 2. The average Bonchev–Trinajstić information content (AvgIpc) is 2.47. The van der Waals surface area contributed by atoms with E-state index in [0.717, 1.165) is 18.5 Å². The first-order chi connectivity index (χ1) is 10.0. The topological polar surface area (TPSA) is 64.0 Å². The molecule has 21 heavy (non-hydrogen) atoms. The first kappa shape index (κ1) is 15.5. The normalized spacial score (nSPS) is 11.5. The summed E-state index contributed by atoms with van der Waals surface area (Å²) < 4.78 is 26.6. The maximum Gasteiger partial charge on any atom is 0.178 e. The largest absolute Gasteiger partial charge is 0.399 e. The van der Waals surface area contributed by atoms with E-state index in [0.29, 0.717) is 17.0 Å². The van der Waals surface area contributed by atoms with Crippen LogP contribution in [-0.4, -0.2) is 14.2 Å². The minimum atomic E-state index is -3.26. The highest BCUT2D eigenvalue weighted by molar-refractivity contribution is 7.91. The van der Waals surface area contributed by atoms with Crippen molar-refractivity contribution in [1.82, 2.24) is 0 Å². The number of nitrogens with two attached hydrogens (primary N) is 1. The molecule has 0 bridgehead atoms. The molecule has 0 unspecified atom stereocenters. The fraction of sp³-hybridized carbons (Fsp3) is 0.312. The quantitative estimate of drug-likeness (QED) is 0.655. The van der Waals surface area contributed by atoms with Crippen molar-refractivity contribution in [2.45, 2.75) is 31.2 Å². The Hall–Kier alpha value is -1.88. The molecule has 0 aliphatic heterocycles. The van der Waals surface area contributed by atoms with Gasteiger partial charge in [0.2, 0.25) is 0 Å². The number of sulfone groups is 1. The lowest BCUT2D eigenvalue weighted by molar-refractivity contribution is -0.697. The number of aromatic nitrogens is 1. The van der Waals surface area contributed by atoms with E-state index >= 15 is 0 Å². The van der Waals surface area contributed by atoms with E-state index in [9.17, 15) is 8.42 Å². The maximum atomic E-state index is 12.2. The summed E-state index contributed by atoms with van der Waals surface area (Å²) in [5.74, 6) is 0.106. The van der Waals surface area contributed by atoms with Gasteiger partial charge in [-0.15, -0.1) is 0 Å². The molecule has 0 amide bonds. The van der Waals surface area contributed by atoms with Gasteiger partial charge in [0.05, 0.1) is 10.6 Å². The highest BCUT2D eigenvalue weighted by Gasteiger charge is 2.14. The monoisotopic (exact) mass is 305 g/mol. The van der Waals surface area contributed by atoms with Crippen LogP contribution in [-0.2, 0) is 22.8 Å². The SMILES string of the molecule is CCC[n+]1ccc(CCS(=O)(=O)c2ccc(N)cc2)cc1. The van der Waals surface area contributed by atoms with E-state index in [1.807, 2.05) is 24.5 Å². The second kappa shape index (κ2) is 6.72. The number of rotatable bonds is 6. The van der Waals surface area contributed by atoms with Crippen molar-refractivity contribution in [1.29, 1.82) is 0 Å². The molecule has 2 aromatic rings. The van der Waals surface area contributed by atoms with Gasteiger partial charge >= 0.3 is 0 Å². The Morgan fingerprint density at radius 2 is 1.67 bits per heavy atom. The Morgan fingerprint density at radius 1 is 1.05 bits per heavy atom. The van der Waals surface area contributed by atoms with Crippen molar-refractivity contribution in [2.75, 3.05) is 11.5 Å². The molecular weight excluding hydrogens is 284 g/mol. The second-order valence-corrected chi connectivity index (χ2v) is 7.19. The summed E-state index contributed by atoms with van der Waals surface area (Å²) in [7, 11) is -3.26. The Morgan fingerprint density at radius 3 is 2.24 bits per heavy atom. The molecule has 5 heteroatoms. The van der Waals surface area contributed by atoms with E-state index in [4.69, 9.17) is 5.73 Å². The van der Waals surface area contributed by atoms with E-state index in [2.05, 4.69) is 11.5 Å². The van der Waals surface area contributed by atoms with E-state index in [1.54, 1.807) is 24.3 Å². The summed E-state index contributed by atoms with van der Waals surface area (Å²) in [5.41, 5.74) is 7.17. The molecule has 0 saturated carbocycles. The van der Waals surface area contributed by atoms with Gasteiger partial charge in [-0.3, -0.25) is 0 Å². The third-order valence-electron chi connectivity index (χ3n) is 3.34. The van der Waals surface area contributed by atoms with Gasteiger partial charge < -0.3 is 5.73 Å². The van der Waals surface area contributed by atoms with Crippen molar-refractivity contribution >= 4 is 15.5 Å². The van der Waals surface area contributed by atoms with E-state index < -0.39 is 9.84 Å². The van der Waals surface area contributed by atoms with Crippen LogP contribution in [0.3, 0.4) is 0 Å². The fourth-order valence-electron chi connectivity index (χ4n) is 2.11. The van der Waals surface area contributed by atoms with Crippen molar-refractivity contribution in [2.24, 2.45) is 0 Å². The van der Waals surface area contributed by atoms with Crippen molar-refractivity contribution in [3.05, 3.63) is 54.4 Å². The minimum Gasteiger partial charge on any atom is -0.399 e. The lowest BCUT2D eigenvalue weighted by Crippen LogP contribution is -2.32. The van der Waals surface area contributed by atoms with Crippen molar-refractivity contribution in [3.8, 4) is 0 Å². The van der Waals surface area contributed by atoms with Crippen LogP contribution in [0, 0.1) is 0 Å². The summed E-state index contributed by atoms with van der Waals surface area (Å²) >= 11 is 0. The molecule has 0 saturated heterocycles. The predicted molar refractivity (Wildman–Crippen MR) is 83.5 cm³/mol. The molecule has 0 aliphatic rings. The zero-order valence-corrected chi connectivity index (χ0v) is 13.0. The van der Waals surface area contributed by atoms with Gasteiger partial charge in [-0.1, -0.05) is 6.92 Å². The number of hydrogen-bond acceptors (Lipinski definition) is 3. The van der Waals surface area contributed by atoms with Crippen LogP contribution >= 0.6 is 0 Å². The molecule has 0 radical (unpaired) electrons. The fourth-order valence-corrected chi connectivity index (χ4v) is 3.40. The summed E-state index contributed by atoms with van der Waals surface area (Å²) in [6, 6.07) is 10.3. The molecule has 0 aliphatic carbocycles. The standard InChI is InChI=1S/C16H21N2O2S/c1-2-10-18-11-7-14(8-12-18)9-13-21(19,20)16-5-3-15(17)4-6-16/h3-8,11-12H,2,9-10,13,17H2,1H3/q+1. The third kappa shape index (κ3) is 4.29. The lowest BCUT2D eigenvalue weighted by atomic mass is 10.2.